The number of hydrogen-bond donors (Lipinski definition) is 1. The number of amides is 1. The van der Waals surface area contributed by atoms with Gasteiger partial charge in [-0.25, -0.2) is 4.90 Å². The smallest absolute Gasteiger partial charge is 0.289 e. The zero-order valence-electron chi connectivity index (χ0n) is 14.7. The number of carbonyl (C=O) groups excluding carboxylic acids is 1. The highest BCUT2D eigenvalue weighted by molar-refractivity contribution is 8.18. The average Bonchev–Trinajstić information content (AvgIpc) is 3.32. The fourth-order valence-corrected chi connectivity index (χ4v) is 4.46. The Kier molecular flexibility index (Phi) is 5.03. The van der Waals surface area contributed by atoms with Gasteiger partial charge in [0.05, 0.1) is 28.1 Å². The minimum atomic E-state index is -0.557. The number of halogens is 1. The molecule has 0 unspecified atom stereocenters. The summed E-state index contributed by atoms with van der Waals surface area (Å²) in [5.41, 5.74) is 0.936. The summed E-state index contributed by atoms with van der Waals surface area (Å²) in [6, 6.07) is 7.90. The summed E-state index contributed by atoms with van der Waals surface area (Å²) in [5, 5.41) is 20.6. The summed E-state index contributed by atoms with van der Waals surface area (Å²) in [4.78, 5) is 28.7. The summed E-state index contributed by atoms with van der Waals surface area (Å²) in [6.07, 6.45) is 5.06. The molecule has 2 aliphatic rings. The van der Waals surface area contributed by atoms with Gasteiger partial charge in [-0.2, -0.15) is 9.39 Å². The van der Waals surface area contributed by atoms with Crippen LogP contribution in [0.25, 0.3) is 11.8 Å². The fraction of sp³-hybridized carbons (Fsp3) is 0.0588. The molecule has 146 valence electrons. The van der Waals surface area contributed by atoms with E-state index >= 15 is 0 Å². The Balaban J connectivity index is 1.76. The maximum atomic E-state index is 12.5. The molecule has 1 aromatic carbocycles. The Bertz CT molecular complexity index is 1170. The van der Waals surface area contributed by atoms with Crippen LogP contribution in [-0.4, -0.2) is 42.7 Å². The molecule has 1 N–H and O–H groups in total. The van der Waals surface area contributed by atoms with Gasteiger partial charge in [-0.1, -0.05) is 23.4 Å². The highest BCUT2D eigenvalue weighted by Gasteiger charge is 2.37. The molecule has 0 spiro atoms. The molecule has 2 aromatic rings. The number of nitrogens with one attached hydrogen (secondary N) is 1. The second-order valence-electron chi connectivity index (χ2n) is 5.81. The summed E-state index contributed by atoms with van der Waals surface area (Å²) < 4.78 is 5.87. The highest BCUT2D eigenvalue weighted by Crippen LogP contribution is 2.32. The van der Waals surface area contributed by atoms with Gasteiger partial charge < -0.3 is 4.57 Å². The van der Waals surface area contributed by atoms with Crippen LogP contribution >= 0.6 is 35.3 Å². The molecule has 9 nitrogen and oxygen atoms in total. The van der Waals surface area contributed by atoms with E-state index in [-0.39, 0.29) is 22.1 Å². The molecule has 29 heavy (non-hydrogen) atoms. The normalized spacial score (nSPS) is 17.4. The van der Waals surface area contributed by atoms with Crippen molar-refractivity contribution >= 4 is 69.2 Å². The number of nitrogens with zero attached hydrogens (tertiary/aromatic N) is 5. The van der Waals surface area contributed by atoms with Crippen molar-refractivity contribution in [1.29, 1.82) is 5.41 Å². The van der Waals surface area contributed by atoms with Crippen LogP contribution in [0, 0.1) is 15.5 Å². The lowest BCUT2D eigenvalue weighted by atomic mass is 10.1. The SMILES string of the molecule is CSC1=NSC2=NC(=O)/C(=C\c3cccn3-c3ccc(Cl)c([N+](=O)[O-])c3)C(=N)N12. The van der Waals surface area contributed by atoms with Gasteiger partial charge in [0.15, 0.2) is 5.17 Å². The van der Waals surface area contributed by atoms with Crippen molar-refractivity contribution in [3.63, 3.8) is 0 Å². The number of nitro benzene ring substituents is 1. The monoisotopic (exact) mass is 446 g/mol. The number of hydrogen-bond acceptors (Lipinski definition) is 7. The Morgan fingerprint density at radius 3 is 2.90 bits per heavy atom. The van der Waals surface area contributed by atoms with Crippen molar-refractivity contribution in [1.82, 2.24) is 9.47 Å². The molecular formula is C17H11ClN6O3S2. The van der Waals surface area contributed by atoms with Gasteiger partial charge >= 0.3 is 0 Å². The number of rotatable bonds is 3. The maximum absolute atomic E-state index is 12.5. The van der Waals surface area contributed by atoms with Gasteiger partial charge in [0.1, 0.15) is 10.9 Å². The van der Waals surface area contributed by atoms with E-state index in [1.165, 1.54) is 34.9 Å². The van der Waals surface area contributed by atoms with Gasteiger partial charge in [0, 0.05) is 18.0 Å². The Labute approximate surface area is 177 Å². The number of carbonyl (C=O) groups is 1. The number of thioether (sulfide) groups is 1. The Morgan fingerprint density at radius 2 is 2.17 bits per heavy atom. The van der Waals surface area contributed by atoms with Gasteiger partial charge in [-0.15, -0.1) is 0 Å². The first-order chi connectivity index (χ1) is 13.9. The van der Waals surface area contributed by atoms with E-state index in [0.717, 1.165) is 11.9 Å². The van der Waals surface area contributed by atoms with E-state index in [9.17, 15) is 14.9 Å². The number of aliphatic imine (C=N–C) groups is 1. The Morgan fingerprint density at radius 1 is 1.38 bits per heavy atom. The average molecular weight is 447 g/mol. The molecule has 1 amide bonds. The molecule has 0 saturated heterocycles. The number of nitro groups is 1. The largest absolute Gasteiger partial charge is 0.317 e. The molecular weight excluding hydrogens is 436 g/mol. The van der Waals surface area contributed by atoms with Crippen LogP contribution in [0.2, 0.25) is 5.02 Å². The second kappa shape index (κ2) is 7.50. The van der Waals surface area contributed by atoms with Gasteiger partial charge in [-0.3, -0.25) is 20.3 Å². The topological polar surface area (TPSA) is 117 Å². The highest BCUT2D eigenvalue weighted by atomic mass is 35.5. The fourth-order valence-electron chi connectivity index (χ4n) is 2.82. The number of fused-ring (bicyclic) bond motifs is 1. The van der Waals surface area contributed by atoms with Crippen LogP contribution in [-0.2, 0) is 4.79 Å². The summed E-state index contributed by atoms with van der Waals surface area (Å²) in [5.74, 6) is -0.561. The van der Waals surface area contributed by atoms with Gasteiger partial charge in [0.2, 0.25) is 5.17 Å². The van der Waals surface area contributed by atoms with Crippen LogP contribution < -0.4 is 0 Å². The predicted molar refractivity (Wildman–Crippen MR) is 116 cm³/mol. The summed E-state index contributed by atoms with van der Waals surface area (Å²) in [6.45, 7) is 0. The van der Waals surface area contributed by atoms with E-state index in [0.29, 0.717) is 21.7 Å². The van der Waals surface area contributed by atoms with Crippen LogP contribution in [0.3, 0.4) is 0 Å². The lowest BCUT2D eigenvalue weighted by molar-refractivity contribution is -0.384. The molecule has 4 rings (SSSR count). The van der Waals surface area contributed by atoms with Crippen molar-refractivity contribution in [2.24, 2.45) is 9.39 Å². The van der Waals surface area contributed by atoms with Crippen LogP contribution in [0.1, 0.15) is 5.69 Å². The van der Waals surface area contributed by atoms with E-state index in [1.54, 1.807) is 29.0 Å². The molecule has 3 heterocycles. The third-order valence-electron chi connectivity index (χ3n) is 4.15. The van der Waals surface area contributed by atoms with Crippen molar-refractivity contribution in [3.05, 3.63) is 62.9 Å². The first kappa shape index (κ1) is 19.4. The van der Waals surface area contributed by atoms with Crippen molar-refractivity contribution in [3.8, 4) is 5.69 Å². The number of amidine groups is 3. The lowest BCUT2D eigenvalue weighted by Gasteiger charge is -2.23. The van der Waals surface area contributed by atoms with Crippen molar-refractivity contribution < 1.29 is 9.72 Å². The minimum Gasteiger partial charge on any atom is -0.317 e. The van der Waals surface area contributed by atoms with Gasteiger partial charge in [0.25, 0.3) is 11.6 Å². The maximum Gasteiger partial charge on any atom is 0.289 e. The molecule has 2 aliphatic heterocycles. The number of aromatic nitrogens is 1. The predicted octanol–water partition coefficient (Wildman–Crippen LogP) is 3.98. The summed E-state index contributed by atoms with van der Waals surface area (Å²) >= 11 is 8.30. The van der Waals surface area contributed by atoms with E-state index < -0.39 is 10.8 Å². The summed E-state index contributed by atoms with van der Waals surface area (Å²) in [7, 11) is 0. The first-order valence-corrected chi connectivity index (χ1v) is 10.4. The van der Waals surface area contributed by atoms with Crippen molar-refractivity contribution in [2.75, 3.05) is 6.26 Å². The molecule has 0 bridgehead atoms. The lowest BCUT2D eigenvalue weighted by Crippen LogP contribution is -2.41. The zero-order chi connectivity index (χ0) is 20.7. The third kappa shape index (κ3) is 3.37. The van der Waals surface area contributed by atoms with E-state index in [1.807, 2.05) is 6.26 Å². The second-order valence-corrected chi connectivity index (χ2v) is 7.72. The Hall–Kier alpha value is -2.89. The van der Waals surface area contributed by atoms with Crippen LogP contribution in [0.5, 0.6) is 0 Å². The third-order valence-corrected chi connectivity index (χ3v) is 5.93. The molecule has 0 radical (unpaired) electrons. The molecule has 1 aromatic heterocycles. The van der Waals surface area contributed by atoms with E-state index in [4.69, 9.17) is 17.0 Å². The first-order valence-electron chi connectivity index (χ1n) is 8.05. The van der Waals surface area contributed by atoms with Gasteiger partial charge in [-0.05, 0) is 36.6 Å². The van der Waals surface area contributed by atoms with Crippen molar-refractivity contribution in [2.45, 2.75) is 0 Å². The number of benzene rings is 1. The van der Waals surface area contributed by atoms with Crippen LogP contribution in [0.15, 0.2) is 51.5 Å². The minimum absolute atomic E-state index is 0.0204. The molecule has 0 aliphatic carbocycles. The van der Waals surface area contributed by atoms with E-state index in [2.05, 4.69) is 9.39 Å². The van der Waals surface area contributed by atoms with Crippen LogP contribution in [0.4, 0.5) is 5.69 Å². The molecule has 0 saturated carbocycles. The zero-order valence-corrected chi connectivity index (χ0v) is 17.1. The quantitative estimate of drug-likeness (QED) is 0.330. The molecule has 12 heteroatoms. The standard InChI is InChI=1S/C17H11ClN6O3S2/c1-28-17-21-29-16-20-15(25)11(14(19)23(16)17)7-9-3-2-6-22(9)10-4-5-12(18)13(8-10)24(26)27/h2-8,19H,1H3/b11-7-,19-14?. The molecule has 0 fully saturated rings. The molecule has 0 atom stereocenters.